The highest BCUT2D eigenvalue weighted by Gasteiger charge is 2.28. The Hall–Kier alpha value is -1.12. The Labute approximate surface area is 114 Å². The molecular formula is C11H22N4O3S. The molecule has 0 unspecified atom stereocenters. The highest BCUT2D eigenvalue weighted by atomic mass is 32.2. The molecule has 1 rings (SSSR count). The van der Waals surface area contributed by atoms with E-state index in [2.05, 4.69) is 5.10 Å². The van der Waals surface area contributed by atoms with Gasteiger partial charge in [-0.25, -0.2) is 8.42 Å². The summed E-state index contributed by atoms with van der Waals surface area (Å²) in [5, 5.41) is 3.93. The number of likely N-dealkylation sites (N-methyl/N-ethyl adjacent to an activating group) is 1. The summed E-state index contributed by atoms with van der Waals surface area (Å²) in [6.07, 6.45) is 0.0706. The van der Waals surface area contributed by atoms with Gasteiger partial charge in [0.2, 0.25) is 10.0 Å². The van der Waals surface area contributed by atoms with E-state index in [9.17, 15) is 8.42 Å². The van der Waals surface area contributed by atoms with Crippen LogP contribution in [0.15, 0.2) is 4.90 Å². The van der Waals surface area contributed by atoms with Gasteiger partial charge in [-0.3, -0.25) is 4.68 Å². The van der Waals surface area contributed by atoms with Gasteiger partial charge in [-0.15, -0.1) is 0 Å². The van der Waals surface area contributed by atoms with Gasteiger partial charge in [0.05, 0.1) is 18.4 Å². The monoisotopic (exact) mass is 290 g/mol. The molecule has 0 fully saturated rings. The normalized spacial score (nSPS) is 12.6. The number of aryl methyl sites for hydroxylation is 1. The summed E-state index contributed by atoms with van der Waals surface area (Å²) in [5.74, 6) is 0.0247. The average Bonchev–Trinajstić information content (AvgIpc) is 2.52. The topological polar surface area (TPSA) is 90.4 Å². The van der Waals surface area contributed by atoms with Crippen LogP contribution in [0, 0.1) is 6.92 Å². The Balaban J connectivity index is 2.91. The van der Waals surface area contributed by atoms with Crippen LogP contribution in [0.1, 0.15) is 19.5 Å². The first-order valence-electron chi connectivity index (χ1n) is 6.05. The van der Waals surface area contributed by atoms with Gasteiger partial charge in [0.25, 0.3) is 0 Å². The van der Waals surface area contributed by atoms with Crippen molar-refractivity contribution in [3.8, 4) is 0 Å². The number of nitrogens with two attached hydrogens (primary N) is 1. The van der Waals surface area contributed by atoms with E-state index < -0.39 is 10.0 Å². The molecule has 0 spiro atoms. The molecule has 7 nitrogen and oxygen atoms in total. The summed E-state index contributed by atoms with van der Waals surface area (Å²) >= 11 is 0. The lowest BCUT2D eigenvalue weighted by Gasteiger charge is -2.18. The van der Waals surface area contributed by atoms with E-state index in [1.807, 2.05) is 13.8 Å². The van der Waals surface area contributed by atoms with Crippen LogP contribution in [-0.2, 0) is 21.8 Å². The summed E-state index contributed by atoms with van der Waals surface area (Å²) in [6, 6.07) is 0. The maximum atomic E-state index is 12.4. The second-order valence-electron chi connectivity index (χ2n) is 4.67. The maximum absolute atomic E-state index is 12.4. The molecule has 2 N–H and O–H groups in total. The summed E-state index contributed by atoms with van der Waals surface area (Å²) in [7, 11) is -0.468. The molecule has 0 aromatic carbocycles. The molecule has 8 heteroatoms. The molecule has 1 aromatic rings. The molecule has 0 aliphatic heterocycles. The van der Waals surface area contributed by atoms with E-state index >= 15 is 0 Å². The Bertz CT molecular complexity index is 536. The molecule has 110 valence electrons. The first-order chi connectivity index (χ1) is 8.67. The minimum atomic E-state index is -3.63. The molecule has 0 amide bonds. The third-order valence-corrected chi connectivity index (χ3v) is 4.85. The Morgan fingerprint density at radius 1 is 1.47 bits per heavy atom. The van der Waals surface area contributed by atoms with Crippen LogP contribution in [0.4, 0.5) is 5.82 Å². The van der Waals surface area contributed by atoms with Crippen molar-refractivity contribution in [1.29, 1.82) is 0 Å². The predicted octanol–water partition coefficient (Wildman–Crippen LogP) is 0.356. The summed E-state index contributed by atoms with van der Waals surface area (Å²) < 4.78 is 32.8. The average molecular weight is 290 g/mol. The summed E-state index contributed by atoms with van der Waals surface area (Å²) in [6.45, 7) is 6.09. The van der Waals surface area contributed by atoms with Crippen molar-refractivity contribution >= 4 is 15.8 Å². The van der Waals surface area contributed by atoms with Gasteiger partial charge in [0, 0.05) is 20.6 Å². The standard InChI is InChI=1S/C11H22N4O3S/c1-8(2)18-7-6-14(4)19(16,17)10-9(3)15(5)13-11(10)12/h8H,6-7H2,1-5H3,(H2,12,13). The largest absolute Gasteiger partial charge is 0.381 e. The summed E-state index contributed by atoms with van der Waals surface area (Å²) in [4.78, 5) is 0.0713. The van der Waals surface area contributed by atoms with Gasteiger partial charge >= 0.3 is 0 Å². The lowest BCUT2D eigenvalue weighted by Crippen LogP contribution is -2.31. The number of nitrogens with zero attached hydrogens (tertiary/aromatic N) is 3. The lowest BCUT2D eigenvalue weighted by molar-refractivity contribution is 0.0737. The fourth-order valence-corrected chi connectivity index (χ4v) is 3.06. The first kappa shape index (κ1) is 15.9. The van der Waals surface area contributed by atoms with E-state index in [0.29, 0.717) is 12.3 Å². The van der Waals surface area contributed by atoms with Crippen LogP contribution in [-0.4, -0.2) is 48.8 Å². The Kier molecular flexibility index (Phi) is 4.94. The third-order valence-electron chi connectivity index (χ3n) is 2.83. The zero-order valence-electron chi connectivity index (χ0n) is 12.0. The molecule has 0 saturated carbocycles. The van der Waals surface area contributed by atoms with Crippen molar-refractivity contribution in [3.63, 3.8) is 0 Å². The Morgan fingerprint density at radius 3 is 2.47 bits per heavy atom. The van der Waals surface area contributed by atoms with Crippen molar-refractivity contribution in [2.75, 3.05) is 25.9 Å². The SMILES string of the molecule is Cc1c(S(=O)(=O)N(C)CCOC(C)C)c(N)nn1C. The highest BCUT2D eigenvalue weighted by Crippen LogP contribution is 2.24. The van der Waals surface area contributed by atoms with E-state index in [4.69, 9.17) is 10.5 Å². The van der Waals surface area contributed by atoms with Crippen LogP contribution in [0.3, 0.4) is 0 Å². The second-order valence-corrected chi connectivity index (χ2v) is 6.65. The number of rotatable bonds is 6. The van der Waals surface area contributed by atoms with Gasteiger partial charge in [0.15, 0.2) is 5.82 Å². The minimum absolute atomic E-state index is 0.0247. The smallest absolute Gasteiger partial charge is 0.248 e. The molecule has 0 aliphatic rings. The molecule has 1 aromatic heterocycles. The van der Waals surface area contributed by atoms with Crippen molar-refractivity contribution in [2.24, 2.45) is 7.05 Å². The number of sulfonamides is 1. The molecule has 19 heavy (non-hydrogen) atoms. The van der Waals surface area contributed by atoms with Crippen molar-refractivity contribution < 1.29 is 13.2 Å². The van der Waals surface area contributed by atoms with Crippen LogP contribution in [0.5, 0.6) is 0 Å². The third kappa shape index (κ3) is 3.46. The zero-order valence-corrected chi connectivity index (χ0v) is 12.9. The molecule has 0 radical (unpaired) electrons. The Morgan fingerprint density at radius 2 is 2.05 bits per heavy atom. The molecule has 0 aliphatic carbocycles. The number of hydrogen-bond donors (Lipinski definition) is 1. The quantitative estimate of drug-likeness (QED) is 0.816. The van der Waals surface area contributed by atoms with Crippen molar-refractivity contribution in [1.82, 2.24) is 14.1 Å². The van der Waals surface area contributed by atoms with E-state index in [0.717, 1.165) is 0 Å². The number of nitrogen functional groups attached to an aromatic ring is 1. The van der Waals surface area contributed by atoms with Crippen LogP contribution in [0.25, 0.3) is 0 Å². The van der Waals surface area contributed by atoms with Gasteiger partial charge in [-0.05, 0) is 20.8 Å². The zero-order chi connectivity index (χ0) is 14.8. The molecule has 0 bridgehead atoms. The van der Waals surface area contributed by atoms with Gasteiger partial charge in [-0.1, -0.05) is 0 Å². The van der Waals surface area contributed by atoms with Gasteiger partial charge in [0.1, 0.15) is 4.90 Å². The van der Waals surface area contributed by atoms with Crippen molar-refractivity contribution in [2.45, 2.75) is 31.8 Å². The van der Waals surface area contributed by atoms with Gasteiger partial charge in [-0.2, -0.15) is 9.40 Å². The number of ether oxygens (including phenoxy) is 1. The number of aromatic nitrogens is 2. The molecule has 0 atom stereocenters. The predicted molar refractivity (Wildman–Crippen MR) is 73.3 cm³/mol. The van der Waals surface area contributed by atoms with Crippen molar-refractivity contribution in [3.05, 3.63) is 5.69 Å². The van der Waals surface area contributed by atoms with Crippen LogP contribution >= 0.6 is 0 Å². The molecule has 1 heterocycles. The molecular weight excluding hydrogens is 268 g/mol. The number of hydrogen-bond acceptors (Lipinski definition) is 5. The number of anilines is 1. The van der Waals surface area contributed by atoms with E-state index in [1.54, 1.807) is 14.0 Å². The lowest BCUT2D eigenvalue weighted by atomic mass is 10.5. The maximum Gasteiger partial charge on any atom is 0.248 e. The fraction of sp³-hybridized carbons (Fsp3) is 0.727. The van der Waals surface area contributed by atoms with Gasteiger partial charge < -0.3 is 10.5 Å². The fourth-order valence-electron chi connectivity index (χ4n) is 1.63. The highest BCUT2D eigenvalue weighted by molar-refractivity contribution is 7.89. The molecule has 0 saturated heterocycles. The first-order valence-corrected chi connectivity index (χ1v) is 7.49. The minimum Gasteiger partial charge on any atom is -0.381 e. The van der Waals surface area contributed by atoms with Crippen LogP contribution < -0.4 is 5.73 Å². The van der Waals surface area contributed by atoms with E-state index in [-0.39, 0.29) is 23.4 Å². The summed E-state index contributed by atoms with van der Waals surface area (Å²) in [5.41, 5.74) is 6.20. The second kappa shape index (κ2) is 5.89. The van der Waals surface area contributed by atoms with E-state index in [1.165, 1.54) is 16.0 Å². The van der Waals surface area contributed by atoms with Crippen LogP contribution in [0.2, 0.25) is 0 Å².